The van der Waals surface area contributed by atoms with E-state index in [0.29, 0.717) is 11.8 Å². The summed E-state index contributed by atoms with van der Waals surface area (Å²) in [5.74, 6) is -1.43. The molecule has 0 unspecified atom stereocenters. The molecule has 0 spiro atoms. The first-order valence-corrected chi connectivity index (χ1v) is 7.02. The normalized spacial score (nSPS) is 11.2. The van der Waals surface area contributed by atoms with Crippen molar-refractivity contribution in [3.8, 4) is 5.75 Å². The number of rotatable bonds is 4. The smallest absolute Gasteiger partial charge is 0.264 e. The second kappa shape index (κ2) is 5.46. The van der Waals surface area contributed by atoms with Gasteiger partial charge in [0.05, 0.1) is 12.8 Å². The first-order valence-electron chi connectivity index (χ1n) is 5.54. The van der Waals surface area contributed by atoms with E-state index < -0.39 is 26.6 Å². The van der Waals surface area contributed by atoms with Crippen molar-refractivity contribution in [1.29, 1.82) is 0 Å². The summed E-state index contributed by atoms with van der Waals surface area (Å²) in [4.78, 5) is -0.750. The Morgan fingerprint density at radius 2 is 1.85 bits per heavy atom. The molecule has 2 aromatic carbocycles. The van der Waals surface area contributed by atoms with Crippen LogP contribution in [0, 0.1) is 11.6 Å². The lowest BCUT2D eigenvalue weighted by atomic mass is 10.3. The van der Waals surface area contributed by atoms with E-state index in [4.69, 9.17) is 4.74 Å². The number of anilines is 1. The second-order valence-corrected chi connectivity index (χ2v) is 5.56. The summed E-state index contributed by atoms with van der Waals surface area (Å²) in [5, 5.41) is 0. The van der Waals surface area contributed by atoms with Gasteiger partial charge in [-0.05, 0) is 30.3 Å². The summed E-state index contributed by atoms with van der Waals surface area (Å²) in [6.45, 7) is 0. The van der Waals surface area contributed by atoms with Gasteiger partial charge in [-0.2, -0.15) is 0 Å². The summed E-state index contributed by atoms with van der Waals surface area (Å²) in [5.41, 5.74) is 0.188. The average molecular weight is 299 g/mol. The number of nitrogens with one attached hydrogen (secondary N) is 1. The van der Waals surface area contributed by atoms with Crippen molar-refractivity contribution >= 4 is 15.7 Å². The molecule has 7 heteroatoms. The number of hydrogen-bond acceptors (Lipinski definition) is 3. The molecule has 0 aliphatic rings. The summed E-state index contributed by atoms with van der Waals surface area (Å²) < 4.78 is 57.7. The molecule has 0 fully saturated rings. The average Bonchev–Trinajstić information content (AvgIpc) is 2.41. The summed E-state index contributed by atoms with van der Waals surface area (Å²) in [6.07, 6.45) is 0. The molecule has 1 N–H and O–H groups in total. The van der Waals surface area contributed by atoms with Gasteiger partial charge in [0.1, 0.15) is 22.3 Å². The van der Waals surface area contributed by atoms with Crippen LogP contribution >= 0.6 is 0 Å². The van der Waals surface area contributed by atoms with Crippen molar-refractivity contribution in [2.75, 3.05) is 11.8 Å². The molecule has 106 valence electrons. The molecular formula is C13H11F2NO3S. The molecule has 0 radical (unpaired) electrons. The van der Waals surface area contributed by atoms with E-state index in [0.717, 1.165) is 12.1 Å². The van der Waals surface area contributed by atoms with Crippen LogP contribution in [0.15, 0.2) is 47.4 Å². The Morgan fingerprint density at radius 3 is 2.55 bits per heavy atom. The third-order valence-electron chi connectivity index (χ3n) is 2.50. The van der Waals surface area contributed by atoms with Gasteiger partial charge >= 0.3 is 0 Å². The van der Waals surface area contributed by atoms with Crippen molar-refractivity contribution in [2.24, 2.45) is 0 Å². The number of methoxy groups -OCH3 is 1. The SMILES string of the molecule is COc1cccc(NS(=O)(=O)c2cc(F)ccc2F)c1. The molecule has 0 heterocycles. The minimum Gasteiger partial charge on any atom is -0.497 e. The van der Waals surface area contributed by atoms with E-state index >= 15 is 0 Å². The van der Waals surface area contributed by atoms with Gasteiger partial charge in [0.15, 0.2) is 0 Å². The standard InChI is InChI=1S/C13H11F2NO3S/c1-19-11-4-2-3-10(8-11)16-20(17,18)13-7-9(14)5-6-12(13)15/h2-8,16H,1H3. The van der Waals surface area contributed by atoms with Crippen LogP contribution < -0.4 is 9.46 Å². The number of hydrogen-bond donors (Lipinski definition) is 1. The lowest BCUT2D eigenvalue weighted by molar-refractivity contribution is 0.415. The minimum atomic E-state index is -4.21. The van der Waals surface area contributed by atoms with Crippen LogP contribution in [0.3, 0.4) is 0 Å². The molecule has 0 aromatic heterocycles. The quantitative estimate of drug-likeness (QED) is 0.944. The molecule has 0 saturated carbocycles. The fraction of sp³-hybridized carbons (Fsp3) is 0.0769. The summed E-state index contributed by atoms with van der Waals surface area (Å²) >= 11 is 0. The predicted octanol–water partition coefficient (Wildman–Crippen LogP) is 2.77. The lowest BCUT2D eigenvalue weighted by Crippen LogP contribution is -2.14. The highest BCUT2D eigenvalue weighted by molar-refractivity contribution is 7.92. The van der Waals surface area contributed by atoms with Crippen LogP contribution in [0.25, 0.3) is 0 Å². The Labute approximate surface area is 115 Å². The van der Waals surface area contributed by atoms with Crippen LogP contribution in [0.4, 0.5) is 14.5 Å². The molecular weight excluding hydrogens is 288 g/mol. The molecule has 0 aliphatic heterocycles. The topological polar surface area (TPSA) is 55.4 Å². The summed E-state index contributed by atoms with van der Waals surface area (Å²) in [6, 6.07) is 8.32. The van der Waals surface area contributed by atoms with E-state index in [1.807, 2.05) is 0 Å². The number of ether oxygens (including phenoxy) is 1. The van der Waals surface area contributed by atoms with Crippen LogP contribution in [0.1, 0.15) is 0 Å². The fourth-order valence-corrected chi connectivity index (χ4v) is 2.72. The van der Waals surface area contributed by atoms with Crippen molar-refractivity contribution in [1.82, 2.24) is 0 Å². The molecule has 0 atom stereocenters. The molecule has 0 aliphatic carbocycles. The van der Waals surface area contributed by atoms with Crippen molar-refractivity contribution < 1.29 is 21.9 Å². The van der Waals surface area contributed by atoms with Gasteiger partial charge in [0.2, 0.25) is 0 Å². The maximum atomic E-state index is 13.5. The largest absolute Gasteiger partial charge is 0.497 e. The van der Waals surface area contributed by atoms with Crippen LogP contribution in [0.2, 0.25) is 0 Å². The predicted molar refractivity (Wildman–Crippen MR) is 70.2 cm³/mol. The monoisotopic (exact) mass is 299 g/mol. The minimum absolute atomic E-state index is 0.188. The van der Waals surface area contributed by atoms with Gasteiger partial charge in [-0.25, -0.2) is 17.2 Å². The van der Waals surface area contributed by atoms with Crippen LogP contribution in [0.5, 0.6) is 5.75 Å². The van der Waals surface area contributed by atoms with E-state index in [1.54, 1.807) is 12.1 Å². The van der Waals surface area contributed by atoms with Crippen molar-refractivity contribution in [3.63, 3.8) is 0 Å². The van der Waals surface area contributed by atoms with E-state index in [9.17, 15) is 17.2 Å². The second-order valence-electron chi connectivity index (χ2n) is 3.91. The van der Waals surface area contributed by atoms with Gasteiger partial charge < -0.3 is 4.74 Å². The zero-order chi connectivity index (χ0) is 14.8. The first-order chi connectivity index (χ1) is 9.42. The van der Waals surface area contributed by atoms with Gasteiger partial charge in [0.25, 0.3) is 10.0 Å². The Hall–Kier alpha value is -2.15. The maximum Gasteiger partial charge on any atom is 0.264 e. The van der Waals surface area contributed by atoms with Crippen LogP contribution in [-0.4, -0.2) is 15.5 Å². The van der Waals surface area contributed by atoms with Gasteiger partial charge in [0, 0.05) is 6.07 Å². The van der Waals surface area contributed by atoms with E-state index in [-0.39, 0.29) is 5.69 Å². The fourth-order valence-electron chi connectivity index (χ4n) is 1.58. The Balaban J connectivity index is 2.38. The number of sulfonamides is 1. The van der Waals surface area contributed by atoms with Crippen LogP contribution in [-0.2, 0) is 10.0 Å². The zero-order valence-electron chi connectivity index (χ0n) is 10.4. The highest BCUT2D eigenvalue weighted by Gasteiger charge is 2.20. The van der Waals surface area contributed by atoms with E-state index in [1.165, 1.54) is 19.2 Å². The maximum absolute atomic E-state index is 13.5. The third kappa shape index (κ3) is 3.05. The van der Waals surface area contributed by atoms with Crippen molar-refractivity contribution in [2.45, 2.75) is 4.90 Å². The zero-order valence-corrected chi connectivity index (χ0v) is 11.2. The first kappa shape index (κ1) is 14.3. The Bertz CT molecular complexity index is 732. The third-order valence-corrected chi connectivity index (χ3v) is 3.90. The molecule has 0 amide bonds. The lowest BCUT2D eigenvalue weighted by Gasteiger charge is -2.10. The molecule has 2 rings (SSSR count). The Kier molecular flexibility index (Phi) is 3.89. The molecule has 0 saturated heterocycles. The molecule has 4 nitrogen and oxygen atoms in total. The molecule has 20 heavy (non-hydrogen) atoms. The molecule has 2 aromatic rings. The summed E-state index contributed by atoms with van der Waals surface area (Å²) in [7, 11) is -2.78. The highest BCUT2D eigenvalue weighted by Crippen LogP contribution is 2.22. The Morgan fingerprint density at radius 1 is 1.10 bits per heavy atom. The molecule has 0 bridgehead atoms. The number of halogens is 2. The van der Waals surface area contributed by atoms with Crippen molar-refractivity contribution in [3.05, 3.63) is 54.1 Å². The van der Waals surface area contributed by atoms with Gasteiger partial charge in [-0.3, -0.25) is 4.72 Å². The number of benzene rings is 2. The highest BCUT2D eigenvalue weighted by atomic mass is 32.2. The van der Waals surface area contributed by atoms with Gasteiger partial charge in [-0.1, -0.05) is 6.07 Å². The van der Waals surface area contributed by atoms with Gasteiger partial charge in [-0.15, -0.1) is 0 Å². The van der Waals surface area contributed by atoms with E-state index in [2.05, 4.69) is 4.72 Å².